The molecule has 1 heterocycles. The highest BCUT2D eigenvalue weighted by atomic mass is 35.5. The number of amides is 2. The molecule has 0 saturated carbocycles. The maximum Gasteiger partial charge on any atom is 0.319 e. The summed E-state index contributed by atoms with van der Waals surface area (Å²) < 4.78 is 5.23. The second kappa shape index (κ2) is 7.93. The molecular weight excluding hydrogens is 374 g/mol. The summed E-state index contributed by atoms with van der Waals surface area (Å²) >= 11 is 7.19. The van der Waals surface area contributed by atoms with Gasteiger partial charge in [0.15, 0.2) is 0 Å². The molecule has 134 valence electrons. The van der Waals surface area contributed by atoms with Crippen molar-refractivity contribution in [3.8, 4) is 0 Å². The molecule has 0 saturated heterocycles. The molecule has 1 unspecified atom stereocenters. The number of halogens is 1. The maximum absolute atomic E-state index is 12.2. The number of carbonyl (C=O) groups excluding carboxylic acids is 3. The first-order valence-electron chi connectivity index (χ1n) is 8.01. The Morgan fingerprint density at radius 3 is 2.23 bits per heavy atom. The molecule has 26 heavy (non-hydrogen) atoms. The molecule has 2 aromatic carbocycles. The Morgan fingerprint density at radius 2 is 1.65 bits per heavy atom. The van der Waals surface area contributed by atoms with Crippen molar-refractivity contribution in [2.75, 3.05) is 13.2 Å². The highest BCUT2D eigenvalue weighted by Crippen LogP contribution is 2.26. The maximum atomic E-state index is 12.2. The van der Waals surface area contributed by atoms with Crippen molar-refractivity contribution in [3.05, 3.63) is 64.7 Å². The van der Waals surface area contributed by atoms with Gasteiger partial charge in [-0.15, -0.1) is 11.8 Å². The fourth-order valence-corrected chi connectivity index (χ4v) is 3.55. The first-order valence-corrected chi connectivity index (χ1v) is 9.27. The summed E-state index contributed by atoms with van der Waals surface area (Å²) in [5, 5.41) is 0.212. The quantitative estimate of drug-likeness (QED) is 0.428. The zero-order chi connectivity index (χ0) is 18.7. The summed E-state index contributed by atoms with van der Waals surface area (Å²) in [7, 11) is 0. The number of benzene rings is 2. The summed E-state index contributed by atoms with van der Waals surface area (Å²) in [5.41, 5.74) is 0.769. The summed E-state index contributed by atoms with van der Waals surface area (Å²) in [6.45, 7) is 1.75. The molecular formula is C19H16ClNO4S. The van der Waals surface area contributed by atoms with Crippen LogP contribution in [0, 0.1) is 0 Å². The van der Waals surface area contributed by atoms with Crippen molar-refractivity contribution < 1.29 is 19.1 Å². The van der Waals surface area contributed by atoms with Crippen LogP contribution in [-0.4, -0.2) is 41.1 Å². The molecule has 5 nitrogen and oxygen atoms in total. The first-order chi connectivity index (χ1) is 12.5. The van der Waals surface area contributed by atoms with Gasteiger partial charge >= 0.3 is 5.97 Å². The number of hydrogen-bond acceptors (Lipinski definition) is 5. The van der Waals surface area contributed by atoms with E-state index in [0.29, 0.717) is 16.1 Å². The molecule has 0 bridgehead atoms. The SMILES string of the molecule is CC(Sc1ccc(Cl)cc1)C(=O)OCCN1C(=O)c2ccccc2C1=O. The van der Waals surface area contributed by atoms with Crippen LogP contribution in [0.2, 0.25) is 5.02 Å². The van der Waals surface area contributed by atoms with Crippen LogP contribution >= 0.6 is 23.4 Å². The van der Waals surface area contributed by atoms with Gasteiger partial charge in [-0.2, -0.15) is 0 Å². The Balaban J connectivity index is 1.50. The summed E-state index contributed by atoms with van der Waals surface area (Å²) in [6.07, 6.45) is 0. The van der Waals surface area contributed by atoms with Crippen LogP contribution in [0.1, 0.15) is 27.6 Å². The number of hydrogen-bond donors (Lipinski definition) is 0. The van der Waals surface area contributed by atoms with Gasteiger partial charge in [-0.05, 0) is 43.3 Å². The molecule has 0 spiro atoms. The molecule has 2 aromatic rings. The predicted molar refractivity (Wildman–Crippen MR) is 99.5 cm³/mol. The molecule has 1 atom stereocenters. The van der Waals surface area contributed by atoms with Crippen molar-refractivity contribution >= 4 is 41.1 Å². The van der Waals surface area contributed by atoms with Gasteiger partial charge in [-0.3, -0.25) is 19.3 Å². The molecule has 7 heteroatoms. The van der Waals surface area contributed by atoms with Gasteiger partial charge in [0.2, 0.25) is 0 Å². The summed E-state index contributed by atoms with van der Waals surface area (Å²) in [4.78, 5) is 38.6. The highest BCUT2D eigenvalue weighted by Gasteiger charge is 2.34. The van der Waals surface area contributed by atoms with E-state index in [1.807, 2.05) is 12.1 Å². The van der Waals surface area contributed by atoms with Gasteiger partial charge in [0.1, 0.15) is 11.9 Å². The molecule has 0 aromatic heterocycles. The van der Waals surface area contributed by atoms with Crippen LogP contribution in [0.15, 0.2) is 53.4 Å². The summed E-state index contributed by atoms with van der Waals surface area (Å²) in [6, 6.07) is 13.8. The molecule has 0 aliphatic carbocycles. The highest BCUT2D eigenvalue weighted by molar-refractivity contribution is 8.00. The third-order valence-corrected chi connectivity index (χ3v) is 5.24. The van der Waals surface area contributed by atoms with Gasteiger partial charge in [0, 0.05) is 9.92 Å². The molecule has 1 aliphatic heterocycles. The number of fused-ring (bicyclic) bond motifs is 1. The van der Waals surface area contributed by atoms with Crippen molar-refractivity contribution in [3.63, 3.8) is 0 Å². The predicted octanol–water partition coefficient (Wildman–Crippen LogP) is 3.66. The Labute approximate surface area is 160 Å². The Bertz CT molecular complexity index is 818. The molecule has 1 aliphatic rings. The van der Waals surface area contributed by atoms with E-state index < -0.39 is 11.2 Å². The first kappa shape index (κ1) is 18.5. The van der Waals surface area contributed by atoms with Crippen molar-refractivity contribution in [2.24, 2.45) is 0 Å². The van der Waals surface area contributed by atoms with Gasteiger partial charge in [-0.25, -0.2) is 0 Å². The number of thioether (sulfide) groups is 1. The van der Waals surface area contributed by atoms with Gasteiger partial charge in [0.05, 0.1) is 17.7 Å². The number of nitrogens with zero attached hydrogens (tertiary/aromatic N) is 1. The number of esters is 1. The molecule has 0 fully saturated rings. The zero-order valence-corrected chi connectivity index (χ0v) is 15.5. The topological polar surface area (TPSA) is 63.7 Å². The van der Waals surface area contributed by atoms with Crippen molar-refractivity contribution in [1.29, 1.82) is 0 Å². The fourth-order valence-electron chi connectivity index (χ4n) is 2.56. The minimum atomic E-state index is -0.418. The molecule has 3 rings (SSSR count). The van der Waals surface area contributed by atoms with E-state index >= 15 is 0 Å². The van der Waals surface area contributed by atoms with E-state index in [0.717, 1.165) is 9.80 Å². The second-order valence-electron chi connectivity index (χ2n) is 5.69. The van der Waals surface area contributed by atoms with E-state index in [9.17, 15) is 14.4 Å². The van der Waals surface area contributed by atoms with Gasteiger partial charge < -0.3 is 4.74 Å². The van der Waals surface area contributed by atoms with E-state index in [4.69, 9.17) is 16.3 Å². The van der Waals surface area contributed by atoms with Crippen molar-refractivity contribution in [1.82, 2.24) is 4.90 Å². The van der Waals surface area contributed by atoms with Gasteiger partial charge in [-0.1, -0.05) is 23.7 Å². The normalized spacial score (nSPS) is 14.3. The number of imide groups is 1. The third-order valence-electron chi connectivity index (χ3n) is 3.90. The number of carbonyl (C=O) groups is 3. The molecule has 0 N–H and O–H groups in total. The number of ether oxygens (including phenoxy) is 1. The Hall–Kier alpha value is -2.31. The summed E-state index contributed by atoms with van der Waals surface area (Å²) in [5.74, 6) is -1.11. The average molecular weight is 390 g/mol. The third kappa shape index (κ3) is 3.92. The molecule has 2 amide bonds. The minimum absolute atomic E-state index is 0.0319. The number of rotatable bonds is 6. The smallest absolute Gasteiger partial charge is 0.319 e. The standard InChI is InChI=1S/C19H16ClNO4S/c1-12(26-14-8-6-13(20)7-9-14)19(24)25-11-10-21-17(22)15-4-2-3-5-16(15)18(21)23/h2-9,12H,10-11H2,1H3. The van der Waals surface area contributed by atoms with E-state index in [2.05, 4.69) is 0 Å². The van der Waals surface area contributed by atoms with Crippen molar-refractivity contribution in [2.45, 2.75) is 17.1 Å². The van der Waals surface area contributed by atoms with E-state index in [1.165, 1.54) is 11.8 Å². The van der Waals surface area contributed by atoms with Crippen LogP contribution in [0.25, 0.3) is 0 Å². The Morgan fingerprint density at radius 1 is 1.08 bits per heavy atom. The largest absolute Gasteiger partial charge is 0.463 e. The lowest BCUT2D eigenvalue weighted by atomic mass is 10.1. The lowest BCUT2D eigenvalue weighted by molar-refractivity contribution is -0.142. The fraction of sp³-hybridized carbons (Fsp3) is 0.211. The lowest BCUT2D eigenvalue weighted by Gasteiger charge is -2.15. The van der Waals surface area contributed by atoms with Crippen LogP contribution in [0.3, 0.4) is 0 Å². The minimum Gasteiger partial charge on any atom is -0.463 e. The lowest BCUT2D eigenvalue weighted by Crippen LogP contribution is -2.34. The van der Waals surface area contributed by atoms with E-state index in [-0.39, 0.29) is 25.0 Å². The van der Waals surface area contributed by atoms with Crippen LogP contribution in [0.4, 0.5) is 0 Å². The molecule has 0 radical (unpaired) electrons. The Kier molecular flexibility index (Phi) is 5.64. The van der Waals surface area contributed by atoms with Crippen LogP contribution in [-0.2, 0) is 9.53 Å². The second-order valence-corrected chi connectivity index (χ2v) is 7.54. The van der Waals surface area contributed by atoms with Crippen LogP contribution in [0.5, 0.6) is 0 Å². The zero-order valence-electron chi connectivity index (χ0n) is 14.0. The van der Waals surface area contributed by atoms with E-state index in [1.54, 1.807) is 43.3 Å². The monoisotopic (exact) mass is 389 g/mol. The van der Waals surface area contributed by atoms with Gasteiger partial charge in [0.25, 0.3) is 11.8 Å². The average Bonchev–Trinajstić information content (AvgIpc) is 2.88. The van der Waals surface area contributed by atoms with Crippen LogP contribution < -0.4 is 0 Å².